The second kappa shape index (κ2) is 7.38. The Kier molecular flexibility index (Phi) is 5.81. The number of nitrogens with zero attached hydrogens (tertiary/aromatic N) is 3. The summed E-state index contributed by atoms with van der Waals surface area (Å²) in [7, 11) is 1.26. The van der Waals surface area contributed by atoms with Crippen LogP contribution in [-0.2, 0) is 4.74 Å². The molecule has 7 heteroatoms. The van der Waals surface area contributed by atoms with Crippen LogP contribution in [-0.4, -0.2) is 35.9 Å². The summed E-state index contributed by atoms with van der Waals surface area (Å²) < 4.78 is 4.57. The maximum atomic E-state index is 11.3. The number of carbonyl (C=O) groups is 1. The van der Waals surface area contributed by atoms with E-state index in [1.165, 1.54) is 13.2 Å². The number of methoxy groups -OCH3 is 1. The van der Waals surface area contributed by atoms with Crippen molar-refractivity contribution >= 4 is 5.97 Å². The SMILES string of the molecule is COC(=O)c1cccc(C(O)C(O)CCN=[N+]=[N-])c1. The van der Waals surface area contributed by atoms with Gasteiger partial charge < -0.3 is 14.9 Å². The molecule has 0 saturated carbocycles. The zero-order valence-electron chi connectivity index (χ0n) is 10.4. The van der Waals surface area contributed by atoms with Gasteiger partial charge in [0.15, 0.2) is 0 Å². The van der Waals surface area contributed by atoms with Crippen LogP contribution in [0.15, 0.2) is 29.4 Å². The van der Waals surface area contributed by atoms with Crippen molar-refractivity contribution in [3.63, 3.8) is 0 Å². The van der Waals surface area contributed by atoms with Gasteiger partial charge in [0.05, 0.1) is 18.8 Å². The van der Waals surface area contributed by atoms with E-state index in [4.69, 9.17) is 5.53 Å². The van der Waals surface area contributed by atoms with E-state index in [1.54, 1.807) is 18.2 Å². The van der Waals surface area contributed by atoms with Crippen LogP contribution in [0.3, 0.4) is 0 Å². The summed E-state index contributed by atoms with van der Waals surface area (Å²) in [5.74, 6) is -0.516. The Labute approximate surface area is 110 Å². The molecular weight excluding hydrogens is 250 g/mol. The molecule has 2 N–H and O–H groups in total. The van der Waals surface area contributed by atoms with Gasteiger partial charge >= 0.3 is 5.97 Å². The number of ether oxygens (including phenoxy) is 1. The predicted molar refractivity (Wildman–Crippen MR) is 67.4 cm³/mol. The molecule has 0 fully saturated rings. The summed E-state index contributed by atoms with van der Waals surface area (Å²) in [6, 6.07) is 6.18. The van der Waals surface area contributed by atoms with Crippen molar-refractivity contribution in [1.82, 2.24) is 0 Å². The molecule has 0 heterocycles. The van der Waals surface area contributed by atoms with Gasteiger partial charge in [-0.15, -0.1) is 0 Å². The van der Waals surface area contributed by atoms with Crippen molar-refractivity contribution in [2.24, 2.45) is 5.11 Å². The van der Waals surface area contributed by atoms with Gasteiger partial charge in [-0.1, -0.05) is 17.2 Å². The van der Waals surface area contributed by atoms with Gasteiger partial charge in [-0.3, -0.25) is 0 Å². The van der Waals surface area contributed by atoms with E-state index in [1.807, 2.05) is 0 Å². The van der Waals surface area contributed by atoms with E-state index in [0.717, 1.165) is 0 Å². The minimum atomic E-state index is -1.15. The minimum absolute atomic E-state index is 0.0887. The van der Waals surface area contributed by atoms with Crippen molar-refractivity contribution in [2.75, 3.05) is 13.7 Å². The molecule has 0 aliphatic heterocycles. The van der Waals surface area contributed by atoms with E-state index in [0.29, 0.717) is 11.1 Å². The largest absolute Gasteiger partial charge is 0.465 e. The van der Waals surface area contributed by atoms with Gasteiger partial charge in [0, 0.05) is 11.5 Å². The maximum Gasteiger partial charge on any atom is 0.337 e. The number of aliphatic hydroxyl groups excluding tert-OH is 2. The van der Waals surface area contributed by atoms with Crippen LogP contribution in [0.5, 0.6) is 0 Å². The molecule has 2 unspecified atom stereocenters. The Hall–Kier alpha value is -2.08. The third-order valence-electron chi connectivity index (χ3n) is 2.60. The van der Waals surface area contributed by atoms with E-state index in [2.05, 4.69) is 14.8 Å². The fourth-order valence-corrected chi connectivity index (χ4v) is 1.58. The summed E-state index contributed by atoms with van der Waals surface area (Å²) in [6.45, 7) is 0.0887. The quantitative estimate of drug-likeness (QED) is 0.351. The topological polar surface area (TPSA) is 116 Å². The van der Waals surface area contributed by atoms with E-state index >= 15 is 0 Å². The van der Waals surface area contributed by atoms with Crippen LogP contribution >= 0.6 is 0 Å². The van der Waals surface area contributed by atoms with Crippen LogP contribution in [0.25, 0.3) is 10.4 Å². The van der Waals surface area contributed by atoms with Crippen LogP contribution in [0.2, 0.25) is 0 Å². The molecule has 0 bridgehead atoms. The first-order chi connectivity index (χ1) is 9.10. The predicted octanol–water partition coefficient (Wildman–Crippen LogP) is 1.57. The summed E-state index contributed by atoms with van der Waals surface area (Å²) in [5, 5.41) is 22.9. The molecule has 0 aliphatic rings. The number of benzene rings is 1. The summed E-state index contributed by atoms with van der Waals surface area (Å²) in [6.07, 6.45) is -2.09. The summed E-state index contributed by atoms with van der Waals surface area (Å²) in [5.41, 5.74) is 8.81. The highest BCUT2D eigenvalue weighted by Gasteiger charge is 2.19. The van der Waals surface area contributed by atoms with E-state index < -0.39 is 18.2 Å². The molecular formula is C12H15N3O4. The molecule has 19 heavy (non-hydrogen) atoms. The Morgan fingerprint density at radius 1 is 1.53 bits per heavy atom. The van der Waals surface area contributed by atoms with Crippen molar-refractivity contribution in [2.45, 2.75) is 18.6 Å². The molecule has 0 radical (unpaired) electrons. The Morgan fingerprint density at radius 3 is 2.89 bits per heavy atom. The lowest BCUT2D eigenvalue weighted by Crippen LogP contribution is -2.19. The molecule has 0 aromatic heterocycles. The molecule has 0 saturated heterocycles. The van der Waals surface area contributed by atoms with Gasteiger partial charge in [-0.2, -0.15) is 0 Å². The third-order valence-corrected chi connectivity index (χ3v) is 2.60. The third kappa shape index (κ3) is 4.26. The lowest BCUT2D eigenvalue weighted by Gasteiger charge is -2.17. The fourth-order valence-electron chi connectivity index (χ4n) is 1.58. The Morgan fingerprint density at radius 2 is 2.26 bits per heavy atom. The van der Waals surface area contributed by atoms with Crippen molar-refractivity contribution in [3.8, 4) is 0 Å². The van der Waals surface area contributed by atoms with Gasteiger partial charge in [0.25, 0.3) is 0 Å². The van der Waals surface area contributed by atoms with Crippen LogP contribution < -0.4 is 0 Å². The number of azide groups is 1. The number of hydrogen-bond acceptors (Lipinski definition) is 5. The first-order valence-electron chi connectivity index (χ1n) is 5.65. The molecule has 102 valence electrons. The minimum Gasteiger partial charge on any atom is -0.465 e. The average Bonchev–Trinajstić information content (AvgIpc) is 2.45. The maximum absolute atomic E-state index is 11.3. The molecule has 7 nitrogen and oxygen atoms in total. The monoisotopic (exact) mass is 265 g/mol. The first kappa shape index (κ1) is 15.0. The number of esters is 1. The normalized spacial score (nSPS) is 13.2. The number of aliphatic hydroxyl groups is 2. The highest BCUT2D eigenvalue weighted by atomic mass is 16.5. The molecule has 2 atom stereocenters. The average molecular weight is 265 g/mol. The standard InChI is InChI=1S/C12H15N3O4/c1-19-12(18)9-4-2-3-8(7-9)11(17)10(16)5-6-14-15-13/h2-4,7,10-11,16-17H,5-6H2,1H3. The summed E-state index contributed by atoms with van der Waals surface area (Å²) in [4.78, 5) is 13.9. The number of carbonyl (C=O) groups excluding carboxylic acids is 1. The molecule has 0 spiro atoms. The second-order valence-electron chi connectivity index (χ2n) is 3.87. The smallest absolute Gasteiger partial charge is 0.337 e. The van der Waals surface area contributed by atoms with Crippen molar-refractivity contribution in [3.05, 3.63) is 45.8 Å². The first-order valence-corrected chi connectivity index (χ1v) is 5.65. The molecule has 1 aromatic carbocycles. The number of rotatable bonds is 6. The van der Waals surface area contributed by atoms with Gasteiger partial charge in [-0.05, 0) is 29.6 Å². The molecule has 0 aliphatic carbocycles. The molecule has 1 aromatic rings. The molecule has 1 rings (SSSR count). The highest BCUT2D eigenvalue weighted by molar-refractivity contribution is 5.89. The summed E-state index contributed by atoms with van der Waals surface area (Å²) >= 11 is 0. The van der Waals surface area contributed by atoms with Crippen molar-refractivity contribution in [1.29, 1.82) is 0 Å². The van der Waals surface area contributed by atoms with Gasteiger partial charge in [0.2, 0.25) is 0 Å². The van der Waals surface area contributed by atoms with Gasteiger partial charge in [0.1, 0.15) is 6.10 Å². The second-order valence-corrected chi connectivity index (χ2v) is 3.87. The Balaban J connectivity index is 2.78. The lowest BCUT2D eigenvalue weighted by molar-refractivity contribution is 0.0149. The zero-order valence-corrected chi connectivity index (χ0v) is 10.4. The van der Waals surface area contributed by atoms with Crippen LogP contribution in [0, 0.1) is 0 Å². The fraction of sp³-hybridized carbons (Fsp3) is 0.417. The van der Waals surface area contributed by atoms with Crippen LogP contribution in [0.4, 0.5) is 0 Å². The van der Waals surface area contributed by atoms with Gasteiger partial charge in [-0.25, -0.2) is 4.79 Å². The highest BCUT2D eigenvalue weighted by Crippen LogP contribution is 2.20. The molecule has 0 amide bonds. The zero-order chi connectivity index (χ0) is 14.3. The van der Waals surface area contributed by atoms with E-state index in [-0.39, 0.29) is 13.0 Å². The lowest BCUT2D eigenvalue weighted by atomic mass is 10.0. The van der Waals surface area contributed by atoms with Crippen molar-refractivity contribution < 1.29 is 19.7 Å². The van der Waals surface area contributed by atoms with E-state index in [9.17, 15) is 15.0 Å². The Bertz CT molecular complexity index is 486. The van der Waals surface area contributed by atoms with Crippen LogP contribution in [0.1, 0.15) is 28.4 Å². The number of hydrogen-bond donors (Lipinski definition) is 2.